The van der Waals surface area contributed by atoms with Gasteiger partial charge in [0, 0.05) is 68.2 Å². The van der Waals surface area contributed by atoms with E-state index in [9.17, 15) is 52.6 Å². The summed E-state index contributed by atoms with van der Waals surface area (Å²) in [5.41, 5.74) is 18.3. The number of amides is 9. The van der Waals surface area contributed by atoms with Crippen LogP contribution in [-0.2, 0) is 44.8 Å². The zero-order valence-corrected chi connectivity index (χ0v) is 44.3. The van der Waals surface area contributed by atoms with Gasteiger partial charge in [-0.3, -0.25) is 38.4 Å². The molecule has 23 nitrogen and oxygen atoms in total. The Hall–Kier alpha value is -7.81. The van der Waals surface area contributed by atoms with Gasteiger partial charge in [0.25, 0.3) is 0 Å². The Morgan fingerprint density at radius 3 is 2.22 bits per heavy atom. The van der Waals surface area contributed by atoms with Gasteiger partial charge in [-0.05, 0) is 73.6 Å². The number of nitrogens with two attached hydrogens (primary N) is 3. The summed E-state index contributed by atoms with van der Waals surface area (Å²) in [7, 11) is 0. The Balaban J connectivity index is 1.17. The summed E-state index contributed by atoms with van der Waals surface area (Å²) in [5.74, 6) is -7.31. The van der Waals surface area contributed by atoms with Crippen LogP contribution in [0.1, 0.15) is 82.7 Å². The molecule has 1 aliphatic rings. The topological polar surface area (TPSA) is 357 Å². The number of nitrogens with zero attached hydrogens (tertiary/aromatic N) is 4. The first-order chi connectivity index (χ1) is 36.9. The van der Waals surface area contributed by atoms with Gasteiger partial charge in [0.05, 0.1) is 28.7 Å². The van der Waals surface area contributed by atoms with Crippen LogP contribution in [0.2, 0.25) is 0 Å². The van der Waals surface area contributed by atoms with Crippen LogP contribution in [0, 0.1) is 17.0 Å². The Morgan fingerprint density at radius 1 is 0.885 bits per heavy atom. The number of halogens is 2. The van der Waals surface area contributed by atoms with E-state index in [0.29, 0.717) is 17.7 Å². The lowest BCUT2D eigenvalue weighted by atomic mass is 9.81. The van der Waals surface area contributed by atoms with Gasteiger partial charge in [0.1, 0.15) is 42.1 Å². The van der Waals surface area contributed by atoms with Crippen LogP contribution in [0.25, 0.3) is 5.69 Å². The number of aliphatic carboxylic acids is 1. The molecule has 0 spiro atoms. The highest BCUT2D eigenvalue weighted by atomic mass is 32.2. The summed E-state index contributed by atoms with van der Waals surface area (Å²) in [4.78, 5) is 117. The van der Waals surface area contributed by atoms with Crippen LogP contribution in [0.15, 0.2) is 79.0 Å². The number of hydrogen-bond donors (Lipinski definition) is 10. The molecular weight excluding hydrogens is 1040 g/mol. The Bertz CT molecular complexity index is 2820. The van der Waals surface area contributed by atoms with Gasteiger partial charge in [-0.1, -0.05) is 51.1 Å². The Morgan fingerprint density at radius 2 is 1.58 bits per heavy atom. The first kappa shape index (κ1) is 61.0. The highest BCUT2D eigenvalue weighted by Crippen LogP contribution is 2.40. The lowest BCUT2D eigenvalue weighted by Crippen LogP contribution is -2.52. The molecule has 1 aromatic heterocycles. The van der Waals surface area contributed by atoms with Crippen LogP contribution in [0.4, 0.5) is 25.0 Å². The quantitative estimate of drug-likeness (QED) is 0.0300. The molecule has 1 saturated heterocycles. The van der Waals surface area contributed by atoms with E-state index in [1.54, 1.807) is 6.20 Å². The molecule has 0 radical (unpaired) electrons. The number of aliphatic hydroxyl groups is 1. The third-order valence-electron chi connectivity index (χ3n) is 12.4. The number of carboxylic acid groups (broad SMARTS) is 1. The van der Waals surface area contributed by atoms with Gasteiger partial charge in [0.15, 0.2) is 0 Å². The van der Waals surface area contributed by atoms with E-state index in [1.807, 2.05) is 51.1 Å². The molecule has 13 N–H and O–H groups in total. The average Bonchev–Trinajstić information content (AvgIpc) is 3.99. The van der Waals surface area contributed by atoms with E-state index in [0.717, 1.165) is 40.4 Å². The van der Waals surface area contributed by atoms with Crippen molar-refractivity contribution >= 4 is 76.5 Å². The van der Waals surface area contributed by atoms with Crippen molar-refractivity contribution in [3.63, 3.8) is 0 Å². The van der Waals surface area contributed by atoms with Crippen LogP contribution < -0.4 is 48.7 Å². The number of nitrogens with one attached hydrogen (secondary N) is 5. The molecule has 1 fully saturated rings. The van der Waals surface area contributed by atoms with Crippen LogP contribution in [0.3, 0.4) is 0 Å². The monoisotopic (exact) mass is 1100 g/mol. The molecule has 2 heterocycles. The summed E-state index contributed by atoms with van der Waals surface area (Å²) < 4.78 is 30.7. The lowest BCUT2D eigenvalue weighted by Gasteiger charge is -2.40. The van der Waals surface area contributed by atoms with E-state index in [4.69, 9.17) is 27.4 Å². The fourth-order valence-electron chi connectivity index (χ4n) is 8.43. The van der Waals surface area contributed by atoms with Gasteiger partial charge < -0.3 is 58.9 Å². The summed E-state index contributed by atoms with van der Waals surface area (Å²) in [6.07, 6.45) is 1.47. The number of carboxylic acids is 1. The number of benzene rings is 3. The number of rotatable bonds is 27. The molecule has 0 bridgehead atoms. The molecule has 26 heteroatoms. The number of imide groups is 1. The fourth-order valence-corrected chi connectivity index (χ4v) is 9.52. The van der Waals surface area contributed by atoms with E-state index in [1.165, 1.54) is 40.8 Å². The number of carbonyl (C=O) groups excluding carboxylic acids is 8. The molecular formula is C52H66F2N12O11S. The number of thioether (sulfide) groups is 1. The van der Waals surface area contributed by atoms with Crippen molar-refractivity contribution in [3.8, 4) is 5.69 Å². The van der Waals surface area contributed by atoms with E-state index in [-0.39, 0.29) is 74.6 Å². The first-order valence-electron chi connectivity index (χ1n) is 24.9. The Kier molecular flexibility index (Phi) is 21.9. The highest BCUT2D eigenvalue weighted by molar-refractivity contribution is 8.00. The van der Waals surface area contributed by atoms with Crippen molar-refractivity contribution < 1.29 is 62.1 Å². The van der Waals surface area contributed by atoms with E-state index >= 15 is 4.39 Å². The second-order valence-electron chi connectivity index (χ2n) is 19.6. The largest absolute Gasteiger partial charge is 0.480 e. The average molecular weight is 1110 g/mol. The zero-order chi connectivity index (χ0) is 57.4. The molecule has 78 heavy (non-hydrogen) atoms. The van der Waals surface area contributed by atoms with Gasteiger partial charge in [-0.2, -0.15) is 5.10 Å². The summed E-state index contributed by atoms with van der Waals surface area (Å²) in [6, 6.07) is 11.4. The maximum Gasteiger partial charge on any atom is 0.321 e. The third kappa shape index (κ3) is 17.1. The van der Waals surface area contributed by atoms with Crippen molar-refractivity contribution in [2.24, 2.45) is 22.6 Å². The molecule has 3 aromatic carbocycles. The standard InChI is InChI=1S/C52H66F2N12O11S/c1-29(46(71)62-38(11-8-20-59-51(57)77)48(73)61-33-13-15-34(16-14-33)66-42(69)25-40(49(66)74)78-28-37(56)50(75)76)60-41(68)18-21-58-47(72)36(55)19-22-64(43(70)27-67)45(52(2,3)4)44-31(23-30-9-6-5-7-10-30)26-65(63-44)39-24-32(53)12-17-35(39)54/h5-7,9-10,12-17,24,26,29,36-38,40,45,67H,8,11,18-23,25,27-28,55-56H2,1-4H3,(H,58,72)(H,60,68)(H,61,73)(H,62,71)(H,75,76)(H3,57,59,77)/t29-,36-,37-,38-,40?,45-/m0/s1. The zero-order valence-electron chi connectivity index (χ0n) is 43.5. The van der Waals surface area contributed by atoms with Crippen molar-refractivity contribution in [3.05, 3.63) is 107 Å². The predicted molar refractivity (Wildman–Crippen MR) is 284 cm³/mol. The smallest absolute Gasteiger partial charge is 0.321 e. The lowest BCUT2D eigenvalue weighted by molar-refractivity contribution is -0.140. The third-order valence-corrected chi connectivity index (χ3v) is 13.7. The Labute approximate surface area is 452 Å². The molecule has 0 aliphatic carbocycles. The number of primary amides is 1. The van der Waals surface area contributed by atoms with Crippen molar-refractivity contribution in [2.45, 2.75) is 102 Å². The van der Waals surface area contributed by atoms with Crippen molar-refractivity contribution in [2.75, 3.05) is 42.2 Å². The van der Waals surface area contributed by atoms with Crippen LogP contribution >= 0.6 is 11.8 Å². The predicted octanol–water partition coefficient (Wildman–Crippen LogP) is 1.73. The molecule has 6 atom stereocenters. The van der Waals surface area contributed by atoms with E-state index in [2.05, 4.69) is 26.6 Å². The van der Waals surface area contributed by atoms with Crippen LogP contribution in [0.5, 0.6) is 0 Å². The molecule has 4 aromatic rings. The second-order valence-corrected chi connectivity index (χ2v) is 20.8. The fraction of sp³-hybridized carbons (Fsp3) is 0.423. The SMILES string of the molecule is C[C@H](NC(=O)CCNC(=O)[C@@H](N)CCN(C(=O)CO)[C@@H](c1nn(-c2cc(F)ccc2F)cc1Cc1ccccc1)C(C)(C)C)C(=O)N[C@@H](CCCNC(N)=O)C(=O)Nc1ccc(N2C(=O)CC(SC[C@H](N)C(=O)O)C2=O)cc1. The van der Waals surface area contributed by atoms with Gasteiger partial charge in [-0.25, -0.2) is 23.2 Å². The minimum absolute atomic E-state index is 0.00450. The highest BCUT2D eigenvalue weighted by Gasteiger charge is 2.41. The van der Waals surface area contributed by atoms with Crippen molar-refractivity contribution in [1.29, 1.82) is 0 Å². The number of anilines is 2. The number of aromatic nitrogens is 2. The van der Waals surface area contributed by atoms with Gasteiger partial charge >= 0.3 is 12.0 Å². The summed E-state index contributed by atoms with van der Waals surface area (Å²) in [5, 5.41) is 35.9. The van der Waals surface area contributed by atoms with Crippen LogP contribution in [-0.4, -0.2) is 140 Å². The number of carbonyl (C=O) groups is 9. The number of aliphatic hydroxyl groups excluding tert-OH is 1. The van der Waals surface area contributed by atoms with E-state index < -0.39 is 112 Å². The molecule has 1 aliphatic heterocycles. The molecule has 9 amide bonds. The molecule has 1 unspecified atom stereocenters. The second kappa shape index (κ2) is 28.0. The minimum atomic E-state index is -1.24. The van der Waals surface area contributed by atoms with Crippen molar-refractivity contribution in [1.82, 2.24) is 35.9 Å². The summed E-state index contributed by atoms with van der Waals surface area (Å²) in [6.45, 7) is 5.68. The maximum absolute atomic E-state index is 15.1. The minimum Gasteiger partial charge on any atom is -0.480 e. The molecule has 0 saturated carbocycles. The summed E-state index contributed by atoms with van der Waals surface area (Å²) >= 11 is 0.964. The maximum atomic E-state index is 15.1. The van der Waals surface area contributed by atoms with Gasteiger partial charge in [0.2, 0.25) is 41.4 Å². The van der Waals surface area contributed by atoms with Gasteiger partial charge in [-0.15, -0.1) is 11.8 Å². The molecule has 420 valence electrons. The number of urea groups is 1. The molecule has 5 rings (SSSR count). The number of hydrogen-bond acceptors (Lipinski definition) is 14. The first-order valence-corrected chi connectivity index (χ1v) is 25.9. The normalized spacial score (nSPS) is 15.3.